The molecule has 0 radical (unpaired) electrons. The third-order valence-corrected chi connectivity index (χ3v) is 2.77. The summed E-state index contributed by atoms with van der Waals surface area (Å²) < 4.78 is 10.2. The molecule has 3 rings (SSSR count). The molecule has 0 spiro atoms. The van der Waals surface area contributed by atoms with Crippen LogP contribution in [0.1, 0.15) is 0 Å². The maximum absolute atomic E-state index is 5.16. The van der Waals surface area contributed by atoms with Crippen molar-refractivity contribution in [3.8, 4) is 22.4 Å². The van der Waals surface area contributed by atoms with Gasteiger partial charge in [-0.1, -0.05) is 11.2 Å². The quantitative estimate of drug-likeness (QED) is 0.663. The predicted molar refractivity (Wildman–Crippen MR) is 55.3 cm³/mol. The highest BCUT2D eigenvalue weighted by Gasteiger charge is 2.12. The Bertz CT molecular complexity index is 491. The number of rotatable bonds is 2. The Kier molecular flexibility index (Phi) is 1.89. The largest absolute Gasteiger partial charge is 0.459 e. The van der Waals surface area contributed by atoms with Gasteiger partial charge in [0.2, 0.25) is 5.82 Å². The lowest BCUT2D eigenvalue weighted by molar-refractivity contribution is 0.417. The van der Waals surface area contributed by atoms with Crippen molar-refractivity contribution in [3.63, 3.8) is 0 Å². The number of furan rings is 1. The predicted octanol–water partition coefficient (Wildman–Crippen LogP) is 3.06. The van der Waals surface area contributed by atoms with Gasteiger partial charge in [-0.2, -0.15) is 4.98 Å². The van der Waals surface area contributed by atoms with E-state index in [1.165, 1.54) is 0 Å². The zero-order valence-corrected chi connectivity index (χ0v) is 8.40. The van der Waals surface area contributed by atoms with Crippen molar-refractivity contribution in [1.29, 1.82) is 0 Å². The average molecular weight is 218 g/mol. The minimum absolute atomic E-state index is 0.406. The number of hydrogen-bond donors (Lipinski definition) is 0. The summed E-state index contributed by atoms with van der Waals surface area (Å²) in [5, 5.41) is 5.85. The van der Waals surface area contributed by atoms with Gasteiger partial charge in [0.15, 0.2) is 5.76 Å². The minimum atomic E-state index is 0.406. The highest BCUT2D eigenvalue weighted by Crippen LogP contribution is 2.25. The van der Waals surface area contributed by atoms with Gasteiger partial charge in [0.05, 0.1) is 11.1 Å². The third-order valence-electron chi connectivity index (χ3n) is 1.90. The second kappa shape index (κ2) is 3.36. The van der Waals surface area contributed by atoms with E-state index in [4.69, 9.17) is 8.94 Å². The van der Waals surface area contributed by atoms with Gasteiger partial charge in [0.1, 0.15) is 0 Å². The Morgan fingerprint density at radius 1 is 1.20 bits per heavy atom. The fourth-order valence-corrected chi connectivity index (χ4v) is 1.88. The van der Waals surface area contributed by atoms with Gasteiger partial charge in [0.25, 0.3) is 5.89 Å². The first-order chi connectivity index (χ1) is 7.43. The van der Waals surface area contributed by atoms with Crippen LogP contribution < -0.4 is 0 Å². The van der Waals surface area contributed by atoms with Crippen molar-refractivity contribution in [2.75, 3.05) is 0 Å². The molecule has 15 heavy (non-hydrogen) atoms. The molecule has 0 amide bonds. The van der Waals surface area contributed by atoms with Crippen LogP contribution in [-0.4, -0.2) is 10.1 Å². The molecule has 3 aromatic rings. The zero-order valence-electron chi connectivity index (χ0n) is 7.58. The van der Waals surface area contributed by atoms with Crippen LogP contribution in [-0.2, 0) is 0 Å². The SMILES string of the molecule is c1coc(-c2nc(-c3cccs3)no2)c1. The van der Waals surface area contributed by atoms with Crippen molar-refractivity contribution in [2.45, 2.75) is 0 Å². The number of thiophene rings is 1. The summed E-state index contributed by atoms with van der Waals surface area (Å²) in [6.07, 6.45) is 1.57. The molecule has 4 nitrogen and oxygen atoms in total. The number of aromatic nitrogens is 2. The molecule has 0 atom stereocenters. The molecule has 0 saturated heterocycles. The van der Waals surface area contributed by atoms with Crippen LogP contribution >= 0.6 is 11.3 Å². The first kappa shape index (κ1) is 8.43. The van der Waals surface area contributed by atoms with Crippen LogP contribution in [0.25, 0.3) is 22.4 Å². The van der Waals surface area contributed by atoms with Gasteiger partial charge < -0.3 is 8.94 Å². The molecule has 0 aromatic carbocycles. The summed E-state index contributed by atoms with van der Waals surface area (Å²) in [6, 6.07) is 7.46. The van der Waals surface area contributed by atoms with Crippen LogP contribution in [0.4, 0.5) is 0 Å². The van der Waals surface area contributed by atoms with E-state index in [0.29, 0.717) is 17.5 Å². The molecule has 3 aromatic heterocycles. The smallest absolute Gasteiger partial charge is 0.293 e. The Balaban J connectivity index is 2.02. The summed E-state index contributed by atoms with van der Waals surface area (Å²) in [5.41, 5.74) is 0. The molecule has 0 fully saturated rings. The fourth-order valence-electron chi connectivity index (χ4n) is 1.23. The second-order valence-electron chi connectivity index (χ2n) is 2.88. The molecular formula is C10H6N2O2S. The van der Waals surface area contributed by atoms with Gasteiger partial charge in [-0.05, 0) is 23.6 Å². The normalized spacial score (nSPS) is 10.7. The fraction of sp³-hybridized carbons (Fsp3) is 0. The minimum Gasteiger partial charge on any atom is -0.459 e. The van der Waals surface area contributed by atoms with Crippen molar-refractivity contribution in [2.24, 2.45) is 0 Å². The summed E-state index contributed by atoms with van der Waals surface area (Å²) in [7, 11) is 0. The van der Waals surface area contributed by atoms with Crippen molar-refractivity contribution in [3.05, 3.63) is 35.9 Å². The summed E-state index contributed by atoms with van der Waals surface area (Å²) in [4.78, 5) is 5.22. The first-order valence-corrected chi connectivity index (χ1v) is 5.23. The third kappa shape index (κ3) is 1.46. The molecule has 0 aliphatic heterocycles. The molecule has 3 heterocycles. The van der Waals surface area contributed by atoms with Gasteiger partial charge >= 0.3 is 0 Å². The molecule has 0 aliphatic carbocycles. The van der Waals surface area contributed by atoms with Gasteiger partial charge in [-0.3, -0.25) is 0 Å². The first-order valence-electron chi connectivity index (χ1n) is 4.35. The highest BCUT2D eigenvalue weighted by atomic mass is 32.1. The molecular weight excluding hydrogens is 212 g/mol. The second-order valence-corrected chi connectivity index (χ2v) is 3.83. The van der Waals surface area contributed by atoms with E-state index >= 15 is 0 Å². The lowest BCUT2D eigenvalue weighted by Gasteiger charge is -1.83. The van der Waals surface area contributed by atoms with Crippen LogP contribution in [0.15, 0.2) is 44.8 Å². The van der Waals surface area contributed by atoms with Crippen LogP contribution in [0.2, 0.25) is 0 Å². The molecule has 0 unspecified atom stereocenters. The average Bonchev–Trinajstić information content (AvgIpc) is 3.02. The van der Waals surface area contributed by atoms with E-state index in [9.17, 15) is 0 Å². The molecule has 5 heteroatoms. The summed E-state index contributed by atoms with van der Waals surface area (Å²) in [6.45, 7) is 0. The molecule has 0 saturated carbocycles. The topological polar surface area (TPSA) is 52.1 Å². The van der Waals surface area contributed by atoms with Crippen LogP contribution in [0, 0.1) is 0 Å². The number of nitrogens with zero attached hydrogens (tertiary/aromatic N) is 2. The Morgan fingerprint density at radius 2 is 2.20 bits per heavy atom. The van der Waals surface area contributed by atoms with E-state index in [2.05, 4.69) is 10.1 Å². The Hall–Kier alpha value is -1.88. The van der Waals surface area contributed by atoms with Crippen molar-refractivity contribution < 1.29 is 8.94 Å². The highest BCUT2D eigenvalue weighted by molar-refractivity contribution is 7.13. The molecule has 0 N–H and O–H groups in total. The van der Waals surface area contributed by atoms with Gasteiger partial charge in [0, 0.05) is 0 Å². The van der Waals surface area contributed by atoms with E-state index in [1.54, 1.807) is 29.7 Å². The summed E-state index contributed by atoms with van der Waals surface area (Å²) in [5.74, 6) is 1.59. The molecule has 0 aliphatic rings. The maximum atomic E-state index is 5.16. The number of hydrogen-bond acceptors (Lipinski definition) is 5. The molecule has 74 valence electrons. The lowest BCUT2D eigenvalue weighted by atomic mass is 10.4. The van der Waals surface area contributed by atoms with E-state index in [-0.39, 0.29) is 0 Å². The van der Waals surface area contributed by atoms with Gasteiger partial charge in [-0.25, -0.2) is 0 Å². The summed E-state index contributed by atoms with van der Waals surface area (Å²) >= 11 is 1.57. The van der Waals surface area contributed by atoms with E-state index in [0.717, 1.165) is 4.88 Å². The standard InChI is InChI=1S/C10H6N2O2S/c1-3-7(13-5-1)10-11-9(12-14-10)8-4-2-6-15-8/h1-6H. The van der Waals surface area contributed by atoms with Crippen LogP contribution in [0.5, 0.6) is 0 Å². The Labute approximate surface area is 89.2 Å². The van der Waals surface area contributed by atoms with Gasteiger partial charge in [-0.15, -0.1) is 11.3 Å². The maximum Gasteiger partial charge on any atom is 0.293 e. The van der Waals surface area contributed by atoms with Crippen molar-refractivity contribution in [1.82, 2.24) is 10.1 Å². The van der Waals surface area contributed by atoms with Crippen molar-refractivity contribution >= 4 is 11.3 Å². The monoisotopic (exact) mass is 218 g/mol. The van der Waals surface area contributed by atoms with E-state index in [1.807, 2.05) is 17.5 Å². The van der Waals surface area contributed by atoms with Crippen LogP contribution in [0.3, 0.4) is 0 Å². The Morgan fingerprint density at radius 3 is 2.93 bits per heavy atom. The lowest BCUT2D eigenvalue weighted by Crippen LogP contribution is -1.74. The van der Waals surface area contributed by atoms with E-state index < -0.39 is 0 Å². The molecule has 0 bridgehead atoms. The zero-order chi connectivity index (χ0) is 10.1.